The van der Waals surface area contributed by atoms with Crippen molar-refractivity contribution in [1.82, 2.24) is 10.3 Å². The van der Waals surface area contributed by atoms with Crippen molar-refractivity contribution in [2.45, 2.75) is 53.1 Å². The molecule has 0 aliphatic carbocycles. The molecular formula is C15H27N3. The number of rotatable bonds is 8. The van der Waals surface area contributed by atoms with Crippen molar-refractivity contribution >= 4 is 5.82 Å². The lowest BCUT2D eigenvalue weighted by Crippen LogP contribution is -2.26. The van der Waals surface area contributed by atoms with Crippen LogP contribution in [0.2, 0.25) is 0 Å². The van der Waals surface area contributed by atoms with E-state index in [1.807, 2.05) is 6.20 Å². The predicted molar refractivity (Wildman–Crippen MR) is 79.0 cm³/mol. The van der Waals surface area contributed by atoms with Crippen LogP contribution in [0.3, 0.4) is 0 Å². The third kappa shape index (κ3) is 5.05. The average molecular weight is 249 g/mol. The molecule has 0 aliphatic heterocycles. The van der Waals surface area contributed by atoms with Crippen molar-refractivity contribution < 1.29 is 0 Å². The molecule has 1 heterocycles. The van der Waals surface area contributed by atoms with E-state index in [1.54, 1.807) is 0 Å². The maximum atomic E-state index is 4.58. The number of nitrogens with zero attached hydrogens (tertiary/aromatic N) is 2. The first-order valence-electron chi connectivity index (χ1n) is 7.10. The van der Waals surface area contributed by atoms with Crippen LogP contribution >= 0.6 is 0 Å². The standard InChI is InChI=1S/C15H27N3/c1-5-9-18(10-6-2)15-8-7-14(12-17-15)11-16-13(3)4/h7-8,12-13,16H,5-6,9-11H2,1-4H3. The first-order chi connectivity index (χ1) is 8.67. The van der Waals surface area contributed by atoms with Crippen LogP contribution in [0, 0.1) is 0 Å². The highest BCUT2D eigenvalue weighted by Gasteiger charge is 2.05. The van der Waals surface area contributed by atoms with Crippen LogP contribution in [0.25, 0.3) is 0 Å². The molecule has 0 unspecified atom stereocenters. The second-order valence-corrected chi connectivity index (χ2v) is 5.05. The lowest BCUT2D eigenvalue weighted by Gasteiger charge is -2.22. The van der Waals surface area contributed by atoms with Crippen molar-refractivity contribution in [2.75, 3.05) is 18.0 Å². The van der Waals surface area contributed by atoms with E-state index in [1.165, 1.54) is 18.4 Å². The van der Waals surface area contributed by atoms with Gasteiger partial charge in [0.2, 0.25) is 0 Å². The number of nitrogens with one attached hydrogen (secondary N) is 1. The average Bonchev–Trinajstić information content (AvgIpc) is 2.37. The number of anilines is 1. The Balaban J connectivity index is 2.61. The Morgan fingerprint density at radius 2 is 1.83 bits per heavy atom. The summed E-state index contributed by atoms with van der Waals surface area (Å²) < 4.78 is 0. The molecule has 1 aromatic heterocycles. The van der Waals surface area contributed by atoms with E-state index < -0.39 is 0 Å². The SMILES string of the molecule is CCCN(CCC)c1ccc(CNC(C)C)cn1. The second kappa shape index (κ2) is 8.09. The van der Waals surface area contributed by atoms with Crippen LogP contribution in [-0.4, -0.2) is 24.1 Å². The minimum Gasteiger partial charge on any atom is -0.357 e. The molecule has 3 nitrogen and oxygen atoms in total. The van der Waals surface area contributed by atoms with Gasteiger partial charge in [-0.05, 0) is 24.5 Å². The molecule has 0 aromatic carbocycles. The second-order valence-electron chi connectivity index (χ2n) is 5.05. The van der Waals surface area contributed by atoms with Gasteiger partial charge in [-0.15, -0.1) is 0 Å². The van der Waals surface area contributed by atoms with Gasteiger partial charge in [0.1, 0.15) is 5.82 Å². The predicted octanol–water partition coefficient (Wildman–Crippen LogP) is 3.21. The van der Waals surface area contributed by atoms with Gasteiger partial charge < -0.3 is 10.2 Å². The van der Waals surface area contributed by atoms with E-state index in [2.05, 4.69) is 55.0 Å². The van der Waals surface area contributed by atoms with Gasteiger partial charge in [-0.3, -0.25) is 0 Å². The van der Waals surface area contributed by atoms with Crippen molar-refractivity contribution in [3.8, 4) is 0 Å². The summed E-state index contributed by atoms with van der Waals surface area (Å²) in [6, 6.07) is 4.83. The summed E-state index contributed by atoms with van der Waals surface area (Å²) >= 11 is 0. The number of hydrogen-bond donors (Lipinski definition) is 1. The minimum absolute atomic E-state index is 0.515. The molecule has 0 amide bonds. The van der Waals surface area contributed by atoms with Crippen LogP contribution < -0.4 is 10.2 Å². The van der Waals surface area contributed by atoms with Crippen LogP contribution in [0.5, 0.6) is 0 Å². The third-order valence-corrected chi connectivity index (χ3v) is 2.83. The van der Waals surface area contributed by atoms with Gasteiger partial charge in [0, 0.05) is 31.9 Å². The van der Waals surface area contributed by atoms with Gasteiger partial charge >= 0.3 is 0 Å². The lowest BCUT2D eigenvalue weighted by molar-refractivity contribution is 0.588. The third-order valence-electron chi connectivity index (χ3n) is 2.83. The molecule has 3 heteroatoms. The Labute approximate surface area is 112 Å². The van der Waals surface area contributed by atoms with Crippen molar-refractivity contribution in [3.63, 3.8) is 0 Å². The molecule has 0 radical (unpaired) electrons. The van der Waals surface area contributed by atoms with Gasteiger partial charge in [0.25, 0.3) is 0 Å². The number of aromatic nitrogens is 1. The van der Waals surface area contributed by atoms with Crippen molar-refractivity contribution in [2.24, 2.45) is 0 Å². The summed E-state index contributed by atoms with van der Waals surface area (Å²) in [7, 11) is 0. The highest BCUT2D eigenvalue weighted by atomic mass is 15.2. The monoisotopic (exact) mass is 249 g/mol. The maximum absolute atomic E-state index is 4.58. The molecule has 0 aliphatic rings. The van der Waals surface area contributed by atoms with Gasteiger partial charge in [0.05, 0.1) is 0 Å². The molecule has 0 spiro atoms. The van der Waals surface area contributed by atoms with Crippen LogP contribution in [0.15, 0.2) is 18.3 Å². The highest BCUT2D eigenvalue weighted by Crippen LogP contribution is 2.12. The first kappa shape index (κ1) is 15.0. The van der Waals surface area contributed by atoms with Gasteiger partial charge in [-0.1, -0.05) is 33.8 Å². The van der Waals surface area contributed by atoms with Crippen LogP contribution in [0.1, 0.15) is 46.1 Å². The Morgan fingerprint density at radius 3 is 2.28 bits per heavy atom. The van der Waals surface area contributed by atoms with Crippen molar-refractivity contribution in [1.29, 1.82) is 0 Å². The van der Waals surface area contributed by atoms with E-state index in [0.717, 1.165) is 25.5 Å². The van der Waals surface area contributed by atoms with Gasteiger partial charge in [0.15, 0.2) is 0 Å². The molecule has 1 aromatic rings. The van der Waals surface area contributed by atoms with E-state index >= 15 is 0 Å². The minimum atomic E-state index is 0.515. The fourth-order valence-corrected chi connectivity index (χ4v) is 1.91. The molecule has 0 bridgehead atoms. The van der Waals surface area contributed by atoms with E-state index in [-0.39, 0.29) is 0 Å². The quantitative estimate of drug-likeness (QED) is 0.767. The smallest absolute Gasteiger partial charge is 0.128 e. The largest absolute Gasteiger partial charge is 0.357 e. The summed E-state index contributed by atoms with van der Waals surface area (Å²) in [5, 5.41) is 3.41. The molecule has 18 heavy (non-hydrogen) atoms. The lowest BCUT2D eigenvalue weighted by atomic mass is 10.2. The molecule has 102 valence electrons. The van der Waals surface area contributed by atoms with Crippen LogP contribution in [-0.2, 0) is 6.54 Å². The Morgan fingerprint density at radius 1 is 1.17 bits per heavy atom. The Hall–Kier alpha value is -1.09. The van der Waals surface area contributed by atoms with Gasteiger partial charge in [-0.2, -0.15) is 0 Å². The molecule has 1 rings (SSSR count). The summed E-state index contributed by atoms with van der Waals surface area (Å²) in [5.41, 5.74) is 1.25. The number of hydrogen-bond acceptors (Lipinski definition) is 3. The first-order valence-corrected chi connectivity index (χ1v) is 7.10. The zero-order chi connectivity index (χ0) is 13.4. The Bertz CT molecular complexity index is 313. The summed E-state index contributed by atoms with van der Waals surface area (Å²) in [5.74, 6) is 1.10. The zero-order valence-corrected chi connectivity index (χ0v) is 12.2. The maximum Gasteiger partial charge on any atom is 0.128 e. The molecule has 0 fully saturated rings. The summed E-state index contributed by atoms with van der Waals surface area (Å²) in [4.78, 5) is 6.94. The van der Waals surface area contributed by atoms with E-state index in [9.17, 15) is 0 Å². The molecule has 0 atom stereocenters. The summed E-state index contributed by atoms with van der Waals surface area (Å²) in [6.45, 7) is 11.8. The van der Waals surface area contributed by atoms with Gasteiger partial charge in [-0.25, -0.2) is 4.98 Å². The van der Waals surface area contributed by atoms with Crippen molar-refractivity contribution in [3.05, 3.63) is 23.9 Å². The zero-order valence-electron chi connectivity index (χ0n) is 12.2. The molecular weight excluding hydrogens is 222 g/mol. The fourth-order valence-electron chi connectivity index (χ4n) is 1.91. The normalized spacial score (nSPS) is 10.9. The fraction of sp³-hybridized carbons (Fsp3) is 0.667. The topological polar surface area (TPSA) is 28.2 Å². The van der Waals surface area contributed by atoms with E-state index in [4.69, 9.17) is 0 Å². The van der Waals surface area contributed by atoms with Crippen LogP contribution in [0.4, 0.5) is 5.82 Å². The highest BCUT2D eigenvalue weighted by molar-refractivity contribution is 5.39. The molecule has 0 saturated heterocycles. The number of pyridine rings is 1. The molecule has 1 N–H and O–H groups in total. The Kier molecular flexibility index (Phi) is 6.73. The molecule has 0 saturated carbocycles. The summed E-state index contributed by atoms with van der Waals surface area (Å²) in [6.07, 6.45) is 4.32. The van der Waals surface area contributed by atoms with E-state index in [0.29, 0.717) is 6.04 Å².